The molecule has 0 unspecified atom stereocenters. The fraction of sp³-hybridized carbons (Fsp3) is 0. The molecule has 2 heterocycles. The Balaban J connectivity index is 2.07. The van der Waals surface area contributed by atoms with Crippen LogP contribution in [0.4, 0.5) is 0 Å². The van der Waals surface area contributed by atoms with Crippen LogP contribution in [0.15, 0.2) is 61.1 Å². The summed E-state index contributed by atoms with van der Waals surface area (Å²) >= 11 is 6.23. The van der Waals surface area contributed by atoms with Crippen molar-refractivity contribution in [3.63, 3.8) is 0 Å². The lowest BCUT2D eigenvalue weighted by molar-refractivity contribution is 0.884. The Labute approximate surface area is 110 Å². The highest BCUT2D eigenvalue weighted by Crippen LogP contribution is 2.26. The third-order valence-electron chi connectivity index (χ3n) is 2.64. The number of para-hydroxylation sites is 1. The summed E-state index contributed by atoms with van der Waals surface area (Å²) in [7, 11) is 0. The summed E-state index contributed by atoms with van der Waals surface area (Å²) in [5.74, 6) is 0. The molecule has 0 saturated heterocycles. The summed E-state index contributed by atoms with van der Waals surface area (Å²) in [4.78, 5) is 3.99. The van der Waals surface area contributed by atoms with Gasteiger partial charge in [0.1, 0.15) is 5.69 Å². The molecule has 0 bridgehead atoms. The Kier molecular flexibility index (Phi) is 2.82. The summed E-state index contributed by atoms with van der Waals surface area (Å²) in [6.45, 7) is 0. The molecule has 0 amide bonds. The van der Waals surface area contributed by atoms with E-state index in [1.165, 1.54) is 0 Å². The Morgan fingerprint density at radius 2 is 1.67 bits per heavy atom. The van der Waals surface area contributed by atoms with Crippen LogP contribution >= 0.6 is 11.6 Å². The Morgan fingerprint density at radius 3 is 2.39 bits per heavy atom. The minimum atomic E-state index is 0.630. The third-order valence-corrected chi connectivity index (χ3v) is 2.92. The van der Waals surface area contributed by atoms with Gasteiger partial charge in [0.2, 0.25) is 0 Å². The maximum absolute atomic E-state index is 6.23. The summed E-state index contributed by atoms with van der Waals surface area (Å²) in [6.07, 6.45) is 5.27. The number of aromatic nitrogens is 3. The first-order chi connectivity index (χ1) is 8.84. The second-order valence-electron chi connectivity index (χ2n) is 3.84. The van der Waals surface area contributed by atoms with E-state index in [0.29, 0.717) is 5.02 Å². The van der Waals surface area contributed by atoms with E-state index in [-0.39, 0.29) is 0 Å². The fourth-order valence-electron chi connectivity index (χ4n) is 1.77. The van der Waals surface area contributed by atoms with Crippen LogP contribution in [0.3, 0.4) is 0 Å². The quantitative estimate of drug-likeness (QED) is 0.701. The van der Waals surface area contributed by atoms with E-state index >= 15 is 0 Å². The predicted molar refractivity (Wildman–Crippen MR) is 71.8 cm³/mol. The van der Waals surface area contributed by atoms with Gasteiger partial charge in [-0.1, -0.05) is 29.8 Å². The lowest BCUT2D eigenvalue weighted by Gasteiger charge is -1.99. The van der Waals surface area contributed by atoms with Gasteiger partial charge >= 0.3 is 0 Å². The van der Waals surface area contributed by atoms with Crippen molar-refractivity contribution in [2.75, 3.05) is 0 Å². The number of rotatable bonds is 2. The summed E-state index contributed by atoms with van der Waals surface area (Å²) < 4.78 is 1.78. The van der Waals surface area contributed by atoms with E-state index in [4.69, 9.17) is 11.6 Å². The first-order valence-corrected chi connectivity index (χ1v) is 5.93. The maximum atomic E-state index is 6.23. The number of nitrogens with zero attached hydrogens (tertiary/aromatic N) is 3. The molecule has 2 aromatic heterocycles. The minimum Gasteiger partial charge on any atom is -0.265 e. The van der Waals surface area contributed by atoms with Gasteiger partial charge in [0.15, 0.2) is 0 Å². The summed E-state index contributed by atoms with van der Waals surface area (Å²) in [5, 5.41) is 5.14. The monoisotopic (exact) mass is 255 g/mol. The number of hydrogen-bond acceptors (Lipinski definition) is 2. The van der Waals surface area contributed by atoms with E-state index in [1.54, 1.807) is 17.1 Å². The normalized spacial score (nSPS) is 10.5. The zero-order chi connectivity index (χ0) is 12.4. The van der Waals surface area contributed by atoms with Crippen molar-refractivity contribution < 1.29 is 0 Å². The van der Waals surface area contributed by atoms with Gasteiger partial charge < -0.3 is 0 Å². The van der Waals surface area contributed by atoms with Crippen molar-refractivity contribution in [3.8, 4) is 16.9 Å². The second-order valence-corrected chi connectivity index (χ2v) is 4.25. The molecule has 4 heteroatoms. The van der Waals surface area contributed by atoms with E-state index in [0.717, 1.165) is 16.9 Å². The Hall–Kier alpha value is -2.13. The fourth-order valence-corrected chi connectivity index (χ4v) is 2.01. The first kappa shape index (κ1) is 11.0. The number of hydrogen-bond donors (Lipinski definition) is 0. The lowest BCUT2D eigenvalue weighted by atomic mass is 10.2. The van der Waals surface area contributed by atoms with Crippen molar-refractivity contribution in [1.29, 1.82) is 0 Å². The second kappa shape index (κ2) is 4.63. The lowest BCUT2D eigenvalue weighted by Crippen LogP contribution is -1.93. The largest absolute Gasteiger partial charge is 0.265 e. The van der Waals surface area contributed by atoms with Gasteiger partial charge in [0, 0.05) is 18.0 Å². The van der Waals surface area contributed by atoms with Gasteiger partial charge in [-0.2, -0.15) is 5.10 Å². The van der Waals surface area contributed by atoms with Crippen LogP contribution in [0.2, 0.25) is 5.02 Å². The van der Waals surface area contributed by atoms with Gasteiger partial charge in [-0.3, -0.25) is 4.98 Å². The minimum absolute atomic E-state index is 0.630. The standard InChI is InChI=1S/C14H10ClN3/c15-13-10-18(12-4-2-1-3-5-12)17-14(13)11-6-8-16-9-7-11/h1-10H. The average molecular weight is 256 g/mol. The van der Waals surface area contributed by atoms with Crippen molar-refractivity contribution in [2.24, 2.45) is 0 Å². The third kappa shape index (κ3) is 2.00. The van der Waals surface area contributed by atoms with Crippen LogP contribution in [-0.2, 0) is 0 Å². The van der Waals surface area contributed by atoms with Crippen molar-refractivity contribution in [3.05, 3.63) is 66.1 Å². The van der Waals surface area contributed by atoms with Crippen LogP contribution in [0.5, 0.6) is 0 Å². The van der Waals surface area contributed by atoms with Crippen molar-refractivity contribution >= 4 is 11.6 Å². The van der Waals surface area contributed by atoms with E-state index in [2.05, 4.69) is 10.1 Å². The Morgan fingerprint density at radius 1 is 0.944 bits per heavy atom. The molecule has 1 aromatic carbocycles. The highest BCUT2D eigenvalue weighted by Gasteiger charge is 2.09. The van der Waals surface area contributed by atoms with Crippen molar-refractivity contribution in [1.82, 2.24) is 14.8 Å². The smallest absolute Gasteiger partial charge is 0.111 e. The molecule has 0 aliphatic heterocycles. The van der Waals surface area contributed by atoms with E-state index < -0.39 is 0 Å². The SMILES string of the molecule is Clc1cn(-c2ccccc2)nc1-c1ccncc1. The number of halogens is 1. The Bertz CT molecular complexity index is 647. The highest BCUT2D eigenvalue weighted by atomic mass is 35.5. The maximum Gasteiger partial charge on any atom is 0.111 e. The first-order valence-electron chi connectivity index (χ1n) is 5.55. The number of benzene rings is 1. The molecular weight excluding hydrogens is 246 g/mol. The van der Waals surface area contributed by atoms with Crippen LogP contribution in [0, 0.1) is 0 Å². The van der Waals surface area contributed by atoms with Crippen LogP contribution in [0.25, 0.3) is 16.9 Å². The molecule has 0 saturated carbocycles. The van der Waals surface area contributed by atoms with Crippen LogP contribution < -0.4 is 0 Å². The van der Waals surface area contributed by atoms with E-state index in [1.807, 2.05) is 48.7 Å². The molecule has 0 spiro atoms. The molecule has 3 nitrogen and oxygen atoms in total. The molecule has 3 aromatic rings. The highest BCUT2D eigenvalue weighted by molar-refractivity contribution is 6.33. The van der Waals surface area contributed by atoms with Crippen LogP contribution in [-0.4, -0.2) is 14.8 Å². The molecule has 0 atom stereocenters. The molecule has 0 aliphatic rings. The van der Waals surface area contributed by atoms with Crippen molar-refractivity contribution in [2.45, 2.75) is 0 Å². The molecule has 0 aliphatic carbocycles. The predicted octanol–water partition coefficient (Wildman–Crippen LogP) is 3.59. The van der Waals surface area contributed by atoms with Crippen LogP contribution in [0.1, 0.15) is 0 Å². The van der Waals surface area contributed by atoms with Gasteiger partial charge in [0.25, 0.3) is 0 Å². The molecule has 88 valence electrons. The van der Waals surface area contributed by atoms with Gasteiger partial charge in [-0.25, -0.2) is 4.68 Å². The summed E-state index contributed by atoms with van der Waals surface area (Å²) in [6, 6.07) is 13.7. The molecule has 3 rings (SSSR count). The zero-order valence-electron chi connectivity index (χ0n) is 9.49. The number of pyridine rings is 1. The molecule has 18 heavy (non-hydrogen) atoms. The average Bonchev–Trinajstić information content (AvgIpc) is 2.83. The topological polar surface area (TPSA) is 30.7 Å². The zero-order valence-corrected chi connectivity index (χ0v) is 10.2. The molecule has 0 radical (unpaired) electrons. The molecule has 0 N–H and O–H groups in total. The van der Waals surface area contributed by atoms with Gasteiger partial charge in [-0.05, 0) is 24.3 Å². The van der Waals surface area contributed by atoms with E-state index in [9.17, 15) is 0 Å². The molecule has 0 fully saturated rings. The summed E-state index contributed by atoms with van der Waals surface area (Å²) in [5.41, 5.74) is 2.72. The molecular formula is C14H10ClN3. The van der Waals surface area contributed by atoms with Gasteiger partial charge in [0.05, 0.1) is 16.9 Å². The van der Waals surface area contributed by atoms with Gasteiger partial charge in [-0.15, -0.1) is 0 Å².